The zero-order valence-corrected chi connectivity index (χ0v) is 15.1. The third-order valence-corrected chi connectivity index (χ3v) is 5.37. The number of nitrogens with one attached hydrogen (secondary N) is 1. The molecular weight excluding hydrogens is 373 g/mol. The number of hydrogen-bond donors (Lipinski definition) is 1. The van der Waals surface area contributed by atoms with Crippen molar-refractivity contribution in [1.29, 1.82) is 0 Å². The van der Waals surface area contributed by atoms with Crippen molar-refractivity contribution in [2.75, 3.05) is 11.8 Å². The van der Waals surface area contributed by atoms with Crippen LogP contribution in [0.25, 0.3) is 10.1 Å². The average molecular weight is 384 g/mol. The van der Waals surface area contributed by atoms with Gasteiger partial charge in [-0.1, -0.05) is 23.2 Å². The molecule has 0 atom stereocenters. The Balaban J connectivity index is 1.79. The summed E-state index contributed by atoms with van der Waals surface area (Å²) in [5.74, 6) is -0.316. The lowest BCUT2D eigenvalue weighted by Crippen LogP contribution is -1.96. The maximum Gasteiger partial charge on any atom is 0.348 e. The number of thiophene rings is 1. The number of fused-ring (bicyclic) bond motifs is 1. The van der Waals surface area contributed by atoms with Gasteiger partial charge in [-0.2, -0.15) is 0 Å². The lowest BCUT2D eigenvalue weighted by atomic mass is 10.2. The Labute approximate surface area is 151 Å². The number of ether oxygens (including phenoxy) is 1. The van der Waals surface area contributed by atoms with Crippen molar-refractivity contribution in [3.63, 3.8) is 0 Å². The minimum Gasteiger partial charge on any atom is -0.465 e. The van der Waals surface area contributed by atoms with Crippen molar-refractivity contribution in [1.82, 2.24) is 0 Å². The number of hydrogen-bond acceptors (Lipinski definition) is 5. The van der Waals surface area contributed by atoms with Gasteiger partial charge in [-0.3, -0.25) is 0 Å². The minimum atomic E-state index is -0.316. The third kappa shape index (κ3) is 3.93. The summed E-state index contributed by atoms with van der Waals surface area (Å²) in [6.07, 6.45) is 0. The number of halogens is 2. The summed E-state index contributed by atoms with van der Waals surface area (Å²) in [7, 11) is 1.38. The Morgan fingerprint density at radius 2 is 1.87 bits per heavy atom. The van der Waals surface area contributed by atoms with Crippen molar-refractivity contribution >= 4 is 68.2 Å². The van der Waals surface area contributed by atoms with E-state index >= 15 is 0 Å². The standard InChI is InChI=1S/C16H11Cl2NO2S2/c1-21-16(20)15-5-9-4-12(2-3-14(9)22-15)19-23-13-7-10(17)6-11(18)8-13/h2-8,19H,1H3. The van der Waals surface area contributed by atoms with Crippen LogP contribution in [0.2, 0.25) is 10.0 Å². The molecule has 23 heavy (non-hydrogen) atoms. The molecule has 0 unspecified atom stereocenters. The van der Waals surface area contributed by atoms with E-state index in [0.29, 0.717) is 14.9 Å². The first-order chi connectivity index (χ1) is 11.0. The van der Waals surface area contributed by atoms with Crippen LogP contribution in [0.1, 0.15) is 9.67 Å². The fourth-order valence-electron chi connectivity index (χ4n) is 2.01. The van der Waals surface area contributed by atoms with Gasteiger partial charge in [-0.15, -0.1) is 11.3 Å². The van der Waals surface area contributed by atoms with Gasteiger partial charge in [0.05, 0.1) is 7.11 Å². The van der Waals surface area contributed by atoms with Crippen LogP contribution in [0.15, 0.2) is 47.4 Å². The SMILES string of the molecule is COC(=O)c1cc2cc(NSc3cc(Cl)cc(Cl)c3)ccc2s1. The first-order valence-corrected chi connectivity index (χ1v) is 8.95. The summed E-state index contributed by atoms with van der Waals surface area (Å²) in [6, 6.07) is 13.1. The molecular formula is C16H11Cl2NO2S2. The molecule has 0 saturated carbocycles. The van der Waals surface area contributed by atoms with Gasteiger partial charge in [0.15, 0.2) is 0 Å². The van der Waals surface area contributed by atoms with Gasteiger partial charge < -0.3 is 9.46 Å². The summed E-state index contributed by atoms with van der Waals surface area (Å²) in [5, 5.41) is 2.18. The molecule has 3 nitrogen and oxygen atoms in total. The molecule has 0 aliphatic heterocycles. The highest BCUT2D eigenvalue weighted by Crippen LogP contribution is 2.31. The Morgan fingerprint density at radius 1 is 1.13 bits per heavy atom. The number of anilines is 1. The van der Waals surface area contributed by atoms with Crippen molar-refractivity contribution in [3.05, 3.63) is 57.4 Å². The lowest BCUT2D eigenvalue weighted by Gasteiger charge is -2.06. The van der Waals surface area contributed by atoms with Crippen LogP contribution in [0, 0.1) is 0 Å². The van der Waals surface area contributed by atoms with Gasteiger partial charge in [0.2, 0.25) is 0 Å². The molecule has 3 aromatic rings. The molecule has 0 fully saturated rings. The highest BCUT2D eigenvalue weighted by atomic mass is 35.5. The van der Waals surface area contributed by atoms with Crippen LogP contribution < -0.4 is 4.72 Å². The number of carbonyl (C=O) groups is 1. The number of methoxy groups -OCH3 is 1. The number of benzene rings is 2. The van der Waals surface area contributed by atoms with Gasteiger partial charge in [0.1, 0.15) is 4.88 Å². The van der Waals surface area contributed by atoms with E-state index in [2.05, 4.69) is 4.72 Å². The number of rotatable bonds is 4. The van der Waals surface area contributed by atoms with Gasteiger partial charge in [0, 0.05) is 25.3 Å². The van der Waals surface area contributed by atoms with Gasteiger partial charge >= 0.3 is 5.97 Å². The summed E-state index contributed by atoms with van der Waals surface area (Å²) >= 11 is 14.8. The maximum absolute atomic E-state index is 11.6. The molecule has 1 N–H and O–H groups in total. The molecule has 118 valence electrons. The van der Waals surface area contributed by atoms with Crippen molar-refractivity contribution in [3.8, 4) is 0 Å². The Hall–Kier alpha value is -1.40. The highest BCUT2D eigenvalue weighted by molar-refractivity contribution is 8.00. The first kappa shape index (κ1) is 16.5. The highest BCUT2D eigenvalue weighted by Gasteiger charge is 2.10. The van der Waals surface area contributed by atoms with E-state index in [4.69, 9.17) is 27.9 Å². The molecule has 1 heterocycles. The second-order valence-corrected chi connectivity index (χ2v) is 7.50. The van der Waals surface area contributed by atoms with Gasteiger partial charge in [-0.25, -0.2) is 4.79 Å². The molecule has 0 amide bonds. The molecule has 0 aliphatic rings. The maximum atomic E-state index is 11.6. The van der Waals surface area contributed by atoms with E-state index in [-0.39, 0.29) is 5.97 Å². The first-order valence-electron chi connectivity index (χ1n) is 6.56. The fourth-order valence-corrected chi connectivity index (χ4v) is 4.36. The smallest absolute Gasteiger partial charge is 0.348 e. The molecule has 1 aromatic heterocycles. The number of carbonyl (C=O) groups excluding carboxylic acids is 1. The molecule has 0 aliphatic carbocycles. The van der Waals surface area contributed by atoms with Crippen molar-refractivity contribution in [2.24, 2.45) is 0 Å². The van der Waals surface area contributed by atoms with E-state index in [9.17, 15) is 4.79 Å². The predicted octanol–water partition coefficient (Wildman–Crippen LogP) is 6.11. The molecule has 0 bridgehead atoms. The number of esters is 1. The zero-order valence-electron chi connectivity index (χ0n) is 11.9. The normalized spacial score (nSPS) is 10.7. The fraction of sp³-hybridized carbons (Fsp3) is 0.0625. The van der Waals surface area contributed by atoms with Crippen LogP contribution in [0.5, 0.6) is 0 Å². The average Bonchev–Trinajstić information content (AvgIpc) is 2.94. The zero-order chi connectivity index (χ0) is 16.4. The largest absolute Gasteiger partial charge is 0.465 e. The van der Waals surface area contributed by atoms with Crippen LogP contribution in [0.3, 0.4) is 0 Å². The minimum absolute atomic E-state index is 0.316. The molecule has 2 aromatic carbocycles. The van der Waals surface area contributed by atoms with Crippen LogP contribution in [-0.4, -0.2) is 13.1 Å². The quantitative estimate of drug-likeness (QED) is 0.435. The van der Waals surface area contributed by atoms with E-state index < -0.39 is 0 Å². The van der Waals surface area contributed by atoms with Crippen LogP contribution in [-0.2, 0) is 4.74 Å². The predicted molar refractivity (Wildman–Crippen MR) is 99.1 cm³/mol. The van der Waals surface area contributed by atoms with Gasteiger partial charge in [0.25, 0.3) is 0 Å². The van der Waals surface area contributed by atoms with Gasteiger partial charge in [-0.05, 0) is 59.8 Å². The third-order valence-electron chi connectivity index (χ3n) is 3.03. The van der Waals surface area contributed by atoms with Crippen LogP contribution >= 0.6 is 46.5 Å². The van der Waals surface area contributed by atoms with E-state index in [1.54, 1.807) is 6.07 Å². The molecule has 7 heteroatoms. The Morgan fingerprint density at radius 3 is 2.57 bits per heavy atom. The van der Waals surface area contributed by atoms with Crippen molar-refractivity contribution < 1.29 is 9.53 Å². The second-order valence-electron chi connectivity index (χ2n) is 4.66. The second kappa shape index (κ2) is 7.01. The molecule has 0 spiro atoms. The molecule has 3 rings (SSSR count). The van der Waals surface area contributed by atoms with Crippen molar-refractivity contribution in [2.45, 2.75) is 4.90 Å². The summed E-state index contributed by atoms with van der Waals surface area (Å²) < 4.78 is 9.03. The monoisotopic (exact) mass is 383 g/mol. The van der Waals surface area contributed by atoms with E-state index in [0.717, 1.165) is 20.7 Å². The molecule has 0 radical (unpaired) electrons. The Bertz CT molecular complexity index is 859. The van der Waals surface area contributed by atoms with E-state index in [1.807, 2.05) is 36.4 Å². The van der Waals surface area contributed by atoms with E-state index in [1.165, 1.54) is 30.4 Å². The van der Waals surface area contributed by atoms with Crippen LogP contribution in [0.4, 0.5) is 5.69 Å². The summed E-state index contributed by atoms with van der Waals surface area (Å²) in [6.45, 7) is 0. The molecule has 0 saturated heterocycles. The summed E-state index contributed by atoms with van der Waals surface area (Å²) in [5.41, 5.74) is 0.924. The topological polar surface area (TPSA) is 38.3 Å². The summed E-state index contributed by atoms with van der Waals surface area (Å²) in [4.78, 5) is 13.1. The lowest BCUT2D eigenvalue weighted by molar-refractivity contribution is 0.0606. The Kier molecular flexibility index (Phi) is 5.02.